The van der Waals surface area contributed by atoms with Crippen LogP contribution in [-0.4, -0.2) is 28.1 Å². The zero-order valence-electron chi connectivity index (χ0n) is 11.9. The summed E-state index contributed by atoms with van der Waals surface area (Å²) in [5, 5.41) is 23.3. The van der Waals surface area contributed by atoms with E-state index in [4.69, 9.17) is 4.74 Å². The normalized spacial score (nSPS) is 16.9. The predicted molar refractivity (Wildman–Crippen MR) is 75.0 cm³/mol. The van der Waals surface area contributed by atoms with Crippen molar-refractivity contribution in [3.8, 4) is 5.75 Å². The van der Waals surface area contributed by atoms with Crippen molar-refractivity contribution in [2.45, 2.75) is 44.9 Å². The van der Waals surface area contributed by atoms with Crippen molar-refractivity contribution in [3.05, 3.63) is 33.9 Å². The maximum Gasteiger partial charge on any atom is 0.270 e. The van der Waals surface area contributed by atoms with Crippen LogP contribution in [0.25, 0.3) is 0 Å². The molecule has 0 saturated heterocycles. The molecule has 1 aromatic carbocycles. The molecule has 1 fully saturated rings. The van der Waals surface area contributed by atoms with Gasteiger partial charge >= 0.3 is 0 Å². The van der Waals surface area contributed by atoms with Gasteiger partial charge in [-0.1, -0.05) is 0 Å². The molecule has 0 radical (unpaired) electrons. The lowest BCUT2D eigenvalue weighted by atomic mass is 10.1. The number of carbonyl (C=O) groups excluding carboxylic acids is 1. The molecule has 7 nitrogen and oxygen atoms in total. The SMILES string of the molecule is CC(Oc1ccc([N+](=O)[O-])cc1C(C)O)C(=O)NC1CC1. The molecule has 2 atom stereocenters. The van der Waals surface area contributed by atoms with Crippen LogP contribution in [0.4, 0.5) is 5.69 Å². The number of nitrogens with zero attached hydrogens (tertiary/aromatic N) is 1. The van der Waals surface area contributed by atoms with E-state index in [1.54, 1.807) is 6.92 Å². The van der Waals surface area contributed by atoms with Gasteiger partial charge in [-0.25, -0.2) is 0 Å². The lowest BCUT2D eigenvalue weighted by Crippen LogP contribution is -2.37. The highest BCUT2D eigenvalue weighted by atomic mass is 16.6. The van der Waals surface area contributed by atoms with Crippen LogP contribution in [0, 0.1) is 10.1 Å². The minimum Gasteiger partial charge on any atom is -0.481 e. The highest BCUT2D eigenvalue weighted by Gasteiger charge is 2.27. The Morgan fingerprint density at radius 3 is 2.67 bits per heavy atom. The predicted octanol–water partition coefficient (Wildman–Crippen LogP) is 1.69. The van der Waals surface area contributed by atoms with Crippen molar-refractivity contribution in [2.75, 3.05) is 0 Å². The molecule has 1 amide bonds. The van der Waals surface area contributed by atoms with Crippen LogP contribution in [0.5, 0.6) is 5.75 Å². The molecule has 1 aliphatic rings. The van der Waals surface area contributed by atoms with Crippen molar-refractivity contribution in [1.29, 1.82) is 0 Å². The number of amides is 1. The number of nitro groups is 1. The van der Waals surface area contributed by atoms with Crippen molar-refractivity contribution in [2.24, 2.45) is 0 Å². The molecule has 1 aromatic rings. The standard InChI is InChI=1S/C14H18N2O5/c1-8(17)12-7-11(16(19)20)5-6-13(12)21-9(2)14(18)15-10-3-4-10/h5-10,17H,3-4H2,1-2H3,(H,15,18). The Hall–Kier alpha value is -2.15. The summed E-state index contributed by atoms with van der Waals surface area (Å²) >= 11 is 0. The Kier molecular flexibility index (Phi) is 4.42. The number of ether oxygens (including phenoxy) is 1. The van der Waals surface area contributed by atoms with E-state index in [0.29, 0.717) is 0 Å². The highest BCUT2D eigenvalue weighted by molar-refractivity contribution is 5.81. The Morgan fingerprint density at radius 2 is 2.14 bits per heavy atom. The molecule has 2 unspecified atom stereocenters. The fraction of sp³-hybridized carbons (Fsp3) is 0.500. The van der Waals surface area contributed by atoms with Gasteiger partial charge in [0.1, 0.15) is 5.75 Å². The third-order valence-corrected chi connectivity index (χ3v) is 3.25. The van der Waals surface area contributed by atoms with Crippen LogP contribution >= 0.6 is 0 Å². The summed E-state index contributed by atoms with van der Waals surface area (Å²) in [6, 6.07) is 4.18. The molecule has 1 saturated carbocycles. The zero-order valence-corrected chi connectivity index (χ0v) is 11.9. The minimum atomic E-state index is -0.932. The number of aliphatic hydroxyl groups is 1. The quantitative estimate of drug-likeness (QED) is 0.614. The second kappa shape index (κ2) is 6.09. The summed E-state index contributed by atoms with van der Waals surface area (Å²) in [4.78, 5) is 22.1. The summed E-state index contributed by atoms with van der Waals surface area (Å²) in [5.74, 6) is 0.0430. The lowest BCUT2D eigenvalue weighted by Gasteiger charge is -2.18. The fourth-order valence-electron chi connectivity index (χ4n) is 1.87. The lowest BCUT2D eigenvalue weighted by molar-refractivity contribution is -0.385. The van der Waals surface area contributed by atoms with Crippen LogP contribution in [0.2, 0.25) is 0 Å². The first-order chi connectivity index (χ1) is 9.88. The first kappa shape index (κ1) is 15.2. The van der Waals surface area contributed by atoms with Gasteiger partial charge in [0, 0.05) is 23.7 Å². The highest BCUT2D eigenvalue weighted by Crippen LogP contribution is 2.30. The summed E-state index contributed by atoms with van der Waals surface area (Å²) in [6.45, 7) is 3.09. The van der Waals surface area contributed by atoms with Crippen LogP contribution < -0.4 is 10.1 Å². The fourth-order valence-corrected chi connectivity index (χ4v) is 1.87. The summed E-state index contributed by atoms with van der Waals surface area (Å²) in [6.07, 6.45) is 0.298. The molecule has 1 aliphatic carbocycles. The molecule has 7 heteroatoms. The van der Waals surface area contributed by atoms with Gasteiger partial charge in [0.2, 0.25) is 0 Å². The second-order valence-corrected chi connectivity index (χ2v) is 5.20. The first-order valence-electron chi connectivity index (χ1n) is 6.82. The van der Waals surface area contributed by atoms with E-state index < -0.39 is 17.1 Å². The summed E-state index contributed by atoms with van der Waals surface area (Å²) in [5.41, 5.74) is 0.156. The third kappa shape index (κ3) is 3.91. The van der Waals surface area contributed by atoms with Crippen molar-refractivity contribution in [1.82, 2.24) is 5.32 Å². The van der Waals surface area contributed by atoms with E-state index >= 15 is 0 Å². The summed E-state index contributed by atoms with van der Waals surface area (Å²) in [7, 11) is 0. The van der Waals surface area contributed by atoms with Crippen LogP contribution in [0.1, 0.15) is 38.4 Å². The number of benzene rings is 1. The van der Waals surface area contributed by atoms with E-state index in [1.807, 2.05) is 0 Å². The monoisotopic (exact) mass is 294 g/mol. The van der Waals surface area contributed by atoms with Gasteiger partial charge in [0.15, 0.2) is 6.10 Å². The number of hydrogen-bond acceptors (Lipinski definition) is 5. The van der Waals surface area contributed by atoms with Gasteiger partial charge in [0.05, 0.1) is 11.0 Å². The smallest absolute Gasteiger partial charge is 0.270 e. The largest absolute Gasteiger partial charge is 0.481 e. The van der Waals surface area contributed by atoms with Crippen molar-refractivity contribution >= 4 is 11.6 Å². The molecule has 21 heavy (non-hydrogen) atoms. The van der Waals surface area contributed by atoms with Crippen LogP contribution in [-0.2, 0) is 4.79 Å². The van der Waals surface area contributed by atoms with E-state index in [9.17, 15) is 20.0 Å². The van der Waals surface area contributed by atoms with Crippen LogP contribution in [0.15, 0.2) is 18.2 Å². The molecular weight excluding hydrogens is 276 g/mol. The Morgan fingerprint density at radius 1 is 1.48 bits per heavy atom. The molecule has 0 spiro atoms. The average Bonchev–Trinajstić information content (AvgIpc) is 3.22. The molecule has 0 bridgehead atoms. The topological polar surface area (TPSA) is 102 Å². The minimum absolute atomic E-state index is 0.131. The molecule has 0 heterocycles. The Balaban J connectivity index is 2.13. The van der Waals surface area contributed by atoms with E-state index in [2.05, 4.69) is 5.32 Å². The average molecular weight is 294 g/mol. The van der Waals surface area contributed by atoms with Gasteiger partial charge < -0.3 is 15.2 Å². The van der Waals surface area contributed by atoms with Gasteiger partial charge in [-0.3, -0.25) is 14.9 Å². The number of hydrogen-bond donors (Lipinski definition) is 2. The molecule has 2 rings (SSSR count). The first-order valence-corrected chi connectivity index (χ1v) is 6.82. The maximum atomic E-state index is 11.8. The number of nitrogens with one attached hydrogen (secondary N) is 1. The second-order valence-electron chi connectivity index (χ2n) is 5.20. The number of rotatable bonds is 6. The summed E-state index contributed by atoms with van der Waals surface area (Å²) < 4.78 is 5.54. The van der Waals surface area contributed by atoms with Gasteiger partial charge in [0.25, 0.3) is 11.6 Å². The molecule has 0 aromatic heterocycles. The number of aliphatic hydroxyl groups excluding tert-OH is 1. The van der Waals surface area contributed by atoms with Gasteiger partial charge in [-0.05, 0) is 32.8 Å². The zero-order chi connectivity index (χ0) is 15.6. The van der Waals surface area contributed by atoms with E-state index in [1.165, 1.54) is 25.1 Å². The van der Waals surface area contributed by atoms with Gasteiger partial charge in [-0.15, -0.1) is 0 Å². The number of non-ortho nitro benzene ring substituents is 1. The maximum absolute atomic E-state index is 11.8. The van der Waals surface area contributed by atoms with Crippen LogP contribution in [0.3, 0.4) is 0 Å². The Bertz CT molecular complexity index is 554. The van der Waals surface area contributed by atoms with Crippen molar-refractivity contribution in [3.63, 3.8) is 0 Å². The van der Waals surface area contributed by atoms with E-state index in [-0.39, 0.29) is 28.9 Å². The number of carbonyl (C=O) groups is 1. The Labute approximate surface area is 122 Å². The molecule has 0 aliphatic heterocycles. The van der Waals surface area contributed by atoms with E-state index in [0.717, 1.165) is 12.8 Å². The molecule has 114 valence electrons. The molecular formula is C14H18N2O5. The van der Waals surface area contributed by atoms with Gasteiger partial charge in [-0.2, -0.15) is 0 Å². The third-order valence-electron chi connectivity index (χ3n) is 3.25. The molecule has 2 N–H and O–H groups in total. The van der Waals surface area contributed by atoms with Crippen molar-refractivity contribution < 1.29 is 19.6 Å². The number of nitro benzene ring substituents is 1.